The minimum Gasteiger partial charge on any atom is -0.326 e. The molecule has 24 heavy (non-hydrogen) atoms. The van der Waals surface area contributed by atoms with Gasteiger partial charge in [-0.1, -0.05) is 18.2 Å². The fraction of sp³-hybridized carbons (Fsp3) is 0.105. The van der Waals surface area contributed by atoms with E-state index in [-0.39, 0.29) is 11.7 Å². The fourth-order valence-electron chi connectivity index (χ4n) is 2.83. The van der Waals surface area contributed by atoms with Gasteiger partial charge >= 0.3 is 0 Å². The Balaban J connectivity index is 1.56. The summed E-state index contributed by atoms with van der Waals surface area (Å²) in [5.41, 5.74) is 4.56. The number of aromatic nitrogens is 2. The number of amides is 1. The Labute approximate surface area is 138 Å². The molecule has 0 spiro atoms. The number of hydrogen-bond donors (Lipinski definition) is 1. The molecule has 0 saturated carbocycles. The zero-order valence-electron chi connectivity index (χ0n) is 12.8. The molecule has 5 heteroatoms. The zero-order valence-corrected chi connectivity index (χ0v) is 12.8. The van der Waals surface area contributed by atoms with Crippen LogP contribution < -0.4 is 5.32 Å². The lowest BCUT2D eigenvalue weighted by atomic mass is 10.0. The Morgan fingerprint density at radius 3 is 2.67 bits per heavy atom. The predicted molar refractivity (Wildman–Crippen MR) is 89.0 cm³/mol. The third-order valence-corrected chi connectivity index (χ3v) is 4.02. The van der Waals surface area contributed by atoms with Crippen LogP contribution in [-0.2, 0) is 17.6 Å². The number of halogens is 1. The van der Waals surface area contributed by atoms with Gasteiger partial charge < -0.3 is 5.32 Å². The van der Waals surface area contributed by atoms with E-state index in [1.54, 1.807) is 18.5 Å². The van der Waals surface area contributed by atoms with Gasteiger partial charge in [0.15, 0.2) is 0 Å². The van der Waals surface area contributed by atoms with E-state index in [1.165, 1.54) is 12.1 Å². The maximum atomic E-state index is 13.2. The molecule has 2 heterocycles. The molecular formula is C19H14FN3O. The second-order valence-electron chi connectivity index (χ2n) is 5.79. The first-order chi connectivity index (χ1) is 11.7. The molecule has 1 amide bonds. The minimum atomic E-state index is -0.259. The molecule has 0 radical (unpaired) electrons. The smallest absolute Gasteiger partial charge is 0.228 e. The van der Waals surface area contributed by atoms with Gasteiger partial charge in [-0.25, -0.2) is 14.4 Å². The summed E-state index contributed by atoms with van der Waals surface area (Å²) < 4.78 is 13.2. The largest absolute Gasteiger partial charge is 0.326 e. The molecule has 0 saturated heterocycles. The van der Waals surface area contributed by atoms with Gasteiger partial charge in [0.05, 0.1) is 6.42 Å². The van der Waals surface area contributed by atoms with Crippen molar-refractivity contribution in [3.8, 4) is 11.1 Å². The van der Waals surface area contributed by atoms with E-state index in [1.807, 2.05) is 24.3 Å². The molecule has 3 aromatic rings. The number of nitrogens with one attached hydrogen (secondary N) is 1. The number of carbonyl (C=O) groups excluding carboxylic acids is 1. The van der Waals surface area contributed by atoms with Crippen LogP contribution in [0.4, 0.5) is 10.1 Å². The van der Waals surface area contributed by atoms with Crippen LogP contribution in [0.3, 0.4) is 0 Å². The first-order valence-electron chi connectivity index (χ1n) is 7.66. The van der Waals surface area contributed by atoms with Gasteiger partial charge in [-0.05, 0) is 41.0 Å². The summed E-state index contributed by atoms with van der Waals surface area (Å²) in [6.45, 7) is 0. The van der Waals surface area contributed by atoms with E-state index in [0.29, 0.717) is 18.7 Å². The third-order valence-electron chi connectivity index (χ3n) is 4.02. The van der Waals surface area contributed by atoms with Gasteiger partial charge in [-0.2, -0.15) is 0 Å². The summed E-state index contributed by atoms with van der Waals surface area (Å²) in [5, 5.41) is 2.82. The van der Waals surface area contributed by atoms with Crippen LogP contribution in [-0.4, -0.2) is 15.9 Å². The number of nitrogens with zero attached hydrogens (tertiary/aromatic N) is 2. The molecule has 118 valence electrons. The van der Waals surface area contributed by atoms with Crippen LogP contribution >= 0.6 is 0 Å². The fourth-order valence-corrected chi connectivity index (χ4v) is 2.83. The van der Waals surface area contributed by atoms with Crippen LogP contribution in [0.15, 0.2) is 54.9 Å². The molecule has 4 rings (SSSR count). The lowest BCUT2D eigenvalue weighted by Gasteiger charge is -2.05. The number of carbonyl (C=O) groups is 1. The lowest BCUT2D eigenvalue weighted by molar-refractivity contribution is -0.115. The Kier molecular flexibility index (Phi) is 3.54. The Bertz CT molecular complexity index is 922. The van der Waals surface area contributed by atoms with Crippen molar-refractivity contribution >= 4 is 11.6 Å². The first-order valence-corrected chi connectivity index (χ1v) is 7.66. The Hall–Kier alpha value is -3.08. The van der Waals surface area contributed by atoms with E-state index in [2.05, 4.69) is 15.3 Å². The van der Waals surface area contributed by atoms with Crippen molar-refractivity contribution in [2.75, 3.05) is 5.32 Å². The SMILES string of the molecule is O=C1Cc2cc(-c3cnc(Cc4cccc(F)c4)nc3)ccc2N1. The average Bonchev–Trinajstić information content (AvgIpc) is 2.95. The minimum absolute atomic E-state index is 0.0174. The van der Waals surface area contributed by atoms with Crippen LogP contribution in [0.1, 0.15) is 17.0 Å². The van der Waals surface area contributed by atoms with Crippen LogP contribution in [0.2, 0.25) is 0 Å². The molecule has 0 unspecified atom stereocenters. The van der Waals surface area contributed by atoms with Gasteiger partial charge in [-0.15, -0.1) is 0 Å². The van der Waals surface area contributed by atoms with E-state index in [9.17, 15) is 9.18 Å². The predicted octanol–water partition coefficient (Wildman–Crippen LogP) is 3.37. The summed E-state index contributed by atoms with van der Waals surface area (Å²) in [4.78, 5) is 20.2. The van der Waals surface area contributed by atoms with Crippen molar-refractivity contribution in [1.29, 1.82) is 0 Å². The van der Waals surface area contributed by atoms with Crippen LogP contribution in [0.25, 0.3) is 11.1 Å². The van der Waals surface area contributed by atoms with E-state index < -0.39 is 0 Å². The summed E-state index contributed by atoms with van der Waals surface area (Å²) in [6, 6.07) is 12.3. The maximum Gasteiger partial charge on any atom is 0.228 e. The van der Waals surface area contributed by atoms with Gasteiger partial charge in [0.1, 0.15) is 11.6 Å². The molecule has 1 aliphatic rings. The number of rotatable bonds is 3. The molecule has 2 aromatic carbocycles. The molecule has 1 aliphatic heterocycles. The van der Waals surface area contributed by atoms with Crippen molar-refractivity contribution in [1.82, 2.24) is 9.97 Å². The van der Waals surface area contributed by atoms with Gasteiger partial charge in [0.25, 0.3) is 0 Å². The van der Waals surface area contributed by atoms with Crippen molar-refractivity contribution in [3.05, 3.63) is 77.6 Å². The molecule has 4 nitrogen and oxygen atoms in total. The second kappa shape index (κ2) is 5.85. The maximum absolute atomic E-state index is 13.2. The van der Waals surface area contributed by atoms with Crippen molar-refractivity contribution in [2.24, 2.45) is 0 Å². The van der Waals surface area contributed by atoms with Gasteiger partial charge in [-0.3, -0.25) is 4.79 Å². The number of anilines is 1. The van der Waals surface area contributed by atoms with Crippen molar-refractivity contribution in [2.45, 2.75) is 12.8 Å². The normalized spacial score (nSPS) is 12.8. The summed E-state index contributed by atoms with van der Waals surface area (Å²) in [7, 11) is 0. The highest BCUT2D eigenvalue weighted by Gasteiger charge is 2.17. The first kappa shape index (κ1) is 14.5. The molecule has 1 N–H and O–H groups in total. The highest BCUT2D eigenvalue weighted by Crippen LogP contribution is 2.28. The summed E-state index contributed by atoms with van der Waals surface area (Å²) >= 11 is 0. The molecule has 0 atom stereocenters. The highest BCUT2D eigenvalue weighted by atomic mass is 19.1. The third kappa shape index (κ3) is 2.88. The highest BCUT2D eigenvalue weighted by molar-refractivity contribution is 5.99. The van der Waals surface area contributed by atoms with E-state index >= 15 is 0 Å². The van der Waals surface area contributed by atoms with Crippen LogP contribution in [0.5, 0.6) is 0 Å². The summed E-state index contributed by atoms with van der Waals surface area (Å²) in [5.74, 6) is 0.400. The lowest BCUT2D eigenvalue weighted by Crippen LogP contribution is -2.03. The zero-order chi connectivity index (χ0) is 16.5. The van der Waals surface area contributed by atoms with Gasteiger partial charge in [0.2, 0.25) is 5.91 Å². The number of hydrogen-bond acceptors (Lipinski definition) is 3. The molecule has 0 fully saturated rings. The molecule has 1 aromatic heterocycles. The topological polar surface area (TPSA) is 54.9 Å². The monoisotopic (exact) mass is 319 g/mol. The Morgan fingerprint density at radius 2 is 1.88 bits per heavy atom. The number of fused-ring (bicyclic) bond motifs is 1. The van der Waals surface area contributed by atoms with E-state index in [4.69, 9.17) is 0 Å². The molecule has 0 aliphatic carbocycles. The molecular weight excluding hydrogens is 305 g/mol. The second-order valence-corrected chi connectivity index (χ2v) is 5.79. The van der Waals surface area contributed by atoms with E-state index in [0.717, 1.165) is 27.9 Å². The standard InChI is InChI=1S/C19H14FN3O/c20-16-3-1-2-12(6-16)7-18-21-10-15(11-22-18)13-4-5-17-14(8-13)9-19(24)23-17/h1-6,8,10-11H,7,9H2,(H,23,24). The van der Waals surface area contributed by atoms with Crippen molar-refractivity contribution in [3.63, 3.8) is 0 Å². The number of benzene rings is 2. The summed E-state index contributed by atoms with van der Waals surface area (Å²) in [6.07, 6.45) is 4.41. The van der Waals surface area contributed by atoms with Crippen LogP contribution in [0, 0.1) is 5.82 Å². The molecule has 0 bridgehead atoms. The Morgan fingerprint density at radius 1 is 1.04 bits per heavy atom. The van der Waals surface area contributed by atoms with Gasteiger partial charge in [0, 0.05) is 30.1 Å². The average molecular weight is 319 g/mol. The quantitative estimate of drug-likeness (QED) is 0.805. The van der Waals surface area contributed by atoms with Crippen molar-refractivity contribution < 1.29 is 9.18 Å².